The molecule has 0 atom stereocenters. The molecule has 0 saturated heterocycles. The van der Waals surface area contributed by atoms with Crippen LogP contribution in [0, 0.1) is 0 Å². The SMILES string of the molecule is O=C(O)c1ccc2c(c1)oc1ccc(C(=O)O)cc12. The first-order valence-electron chi connectivity index (χ1n) is 5.49. The summed E-state index contributed by atoms with van der Waals surface area (Å²) in [4.78, 5) is 21.8. The van der Waals surface area contributed by atoms with Crippen LogP contribution in [0.1, 0.15) is 20.7 Å². The summed E-state index contributed by atoms with van der Waals surface area (Å²) in [5, 5.41) is 19.2. The molecule has 1 aromatic heterocycles. The van der Waals surface area contributed by atoms with Crippen molar-refractivity contribution in [1.82, 2.24) is 0 Å². The van der Waals surface area contributed by atoms with Crippen molar-refractivity contribution in [2.75, 3.05) is 0 Å². The number of aromatic carboxylic acids is 2. The fraction of sp³-hybridized carbons (Fsp3) is 0. The number of hydrogen-bond donors (Lipinski definition) is 2. The van der Waals surface area contributed by atoms with Gasteiger partial charge in [0.15, 0.2) is 0 Å². The lowest BCUT2D eigenvalue weighted by Gasteiger charge is -1.94. The lowest BCUT2D eigenvalue weighted by atomic mass is 10.1. The number of carbonyl (C=O) groups is 2. The van der Waals surface area contributed by atoms with E-state index in [0.717, 1.165) is 0 Å². The van der Waals surface area contributed by atoms with Gasteiger partial charge in [-0.05, 0) is 36.4 Å². The van der Waals surface area contributed by atoms with Crippen molar-refractivity contribution in [2.24, 2.45) is 0 Å². The zero-order chi connectivity index (χ0) is 13.6. The van der Waals surface area contributed by atoms with E-state index in [2.05, 4.69) is 0 Å². The summed E-state index contributed by atoms with van der Waals surface area (Å²) in [6.45, 7) is 0. The quantitative estimate of drug-likeness (QED) is 0.735. The second-order valence-electron chi connectivity index (χ2n) is 4.13. The van der Waals surface area contributed by atoms with Gasteiger partial charge in [0.25, 0.3) is 0 Å². The van der Waals surface area contributed by atoms with Gasteiger partial charge in [0.2, 0.25) is 0 Å². The van der Waals surface area contributed by atoms with Crippen molar-refractivity contribution < 1.29 is 24.2 Å². The zero-order valence-electron chi connectivity index (χ0n) is 9.58. The molecule has 94 valence electrons. The van der Waals surface area contributed by atoms with Crippen LogP contribution < -0.4 is 0 Å². The van der Waals surface area contributed by atoms with Gasteiger partial charge in [-0.1, -0.05) is 0 Å². The molecule has 1 heterocycles. The molecule has 5 heteroatoms. The minimum atomic E-state index is -1.03. The van der Waals surface area contributed by atoms with Crippen LogP contribution in [0.15, 0.2) is 40.8 Å². The molecule has 0 aliphatic rings. The van der Waals surface area contributed by atoms with Gasteiger partial charge in [-0.15, -0.1) is 0 Å². The Morgan fingerprint density at radius 2 is 1.42 bits per heavy atom. The van der Waals surface area contributed by atoms with E-state index >= 15 is 0 Å². The normalized spacial score (nSPS) is 10.9. The first kappa shape index (κ1) is 11.3. The Kier molecular flexibility index (Phi) is 2.28. The van der Waals surface area contributed by atoms with Crippen molar-refractivity contribution in [3.8, 4) is 0 Å². The van der Waals surface area contributed by atoms with Crippen LogP contribution in [-0.4, -0.2) is 22.2 Å². The third kappa shape index (κ3) is 1.72. The van der Waals surface area contributed by atoms with E-state index in [4.69, 9.17) is 14.6 Å². The van der Waals surface area contributed by atoms with Gasteiger partial charge < -0.3 is 14.6 Å². The lowest BCUT2D eigenvalue weighted by Crippen LogP contribution is -1.95. The Morgan fingerprint density at radius 1 is 0.789 bits per heavy atom. The van der Waals surface area contributed by atoms with Crippen molar-refractivity contribution in [3.05, 3.63) is 47.5 Å². The Morgan fingerprint density at radius 3 is 2.11 bits per heavy atom. The molecule has 3 rings (SSSR count). The number of furan rings is 1. The summed E-state index contributed by atoms with van der Waals surface area (Å²) in [5.41, 5.74) is 1.25. The molecule has 2 aromatic carbocycles. The highest BCUT2D eigenvalue weighted by Crippen LogP contribution is 2.30. The number of carboxylic acid groups (broad SMARTS) is 2. The van der Waals surface area contributed by atoms with Gasteiger partial charge in [-0.3, -0.25) is 0 Å². The van der Waals surface area contributed by atoms with Crippen molar-refractivity contribution in [3.63, 3.8) is 0 Å². The molecule has 0 spiro atoms. The number of carboxylic acids is 2. The largest absolute Gasteiger partial charge is 0.478 e. The molecule has 19 heavy (non-hydrogen) atoms. The smallest absolute Gasteiger partial charge is 0.335 e. The van der Waals surface area contributed by atoms with Crippen LogP contribution in [0.3, 0.4) is 0 Å². The van der Waals surface area contributed by atoms with Crippen LogP contribution in [-0.2, 0) is 0 Å². The van der Waals surface area contributed by atoms with Crippen molar-refractivity contribution >= 4 is 33.9 Å². The molecule has 0 bridgehead atoms. The molecular weight excluding hydrogens is 248 g/mol. The number of fused-ring (bicyclic) bond motifs is 3. The molecular formula is C14H8O5. The number of hydrogen-bond acceptors (Lipinski definition) is 3. The average Bonchev–Trinajstić information content (AvgIpc) is 2.74. The average molecular weight is 256 g/mol. The van der Waals surface area contributed by atoms with Gasteiger partial charge in [0.05, 0.1) is 11.1 Å². The first-order chi connectivity index (χ1) is 9.06. The monoisotopic (exact) mass is 256 g/mol. The number of benzene rings is 2. The van der Waals surface area contributed by atoms with Crippen LogP contribution in [0.4, 0.5) is 0 Å². The molecule has 0 aliphatic carbocycles. The van der Waals surface area contributed by atoms with E-state index in [9.17, 15) is 9.59 Å². The highest BCUT2D eigenvalue weighted by molar-refractivity contribution is 6.08. The summed E-state index contributed by atoms with van der Waals surface area (Å²) in [5.74, 6) is -2.05. The maximum Gasteiger partial charge on any atom is 0.335 e. The van der Waals surface area contributed by atoms with Gasteiger partial charge in [0.1, 0.15) is 11.2 Å². The second-order valence-corrected chi connectivity index (χ2v) is 4.13. The van der Waals surface area contributed by atoms with Crippen LogP contribution in [0.25, 0.3) is 21.9 Å². The molecule has 0 unspecified atom stereocenters. The van der Waals surface area contributed by atoms with E-state index in [-0.39, 0.29) is 11.1 Å². The Balaban J connectivity index is 2.33. The van der Waals surface area contributed by atoms with E-state index in [0.29, 0.717) is 21.9 Å². The Hall–Kier alpha value is -2.82. The molecule has 5 nitrogen and oxygen atoms in total. The van der Waals surface area contributed by atoms with Gasteiger partial charge in [-0.2, -0.15) is 0 Å². The zero-order valence-corrected chi connectivity index (χ0v) is 9.58. The predicted octanol–water partition coefficient (Wildman–Crippen LogP) is 2.98. The van der Waals surface area contributed by atoms with Crippen molar-refractivity contribution in [1.29, 1.82) is 0 Å². The van der Waals surface area contributed by atoms with E-state index in [1.807, 2.05) is 0 Å². The molecule has 0 radical (unpaired) electrons. The summed E-state index contributed by atoms with van der Waals surface area (Å²) >= 11 is 0. The van der Waals surface area contributed by atoms with Gasteiger partial charge in [-0.25, -0.2) is 9.59 Å². The van der Waals surface area contributed by atoms with E-state index < -0.39 is 11.9 Å². The third-order valence-electron chi connectivity index (χ3n) is 2.97. The Labute approximate surface area is 106 Å². The standard InChI is InChI=1S/C14H8O5/c15-13(16)7-2-4-11-10(5-7)9-3-1-8(14(17)18)6-12(9)19-11/h1-6H,(H,15,16)(H,17,18). The third-order valence-corrected chi connectivity index (χ3v) is 2.97. The highest BCUT2D eigenvalue weighted by Gasteiger charge is 2.12. The fourth-order valence-corrected chi connectivity index (χ4v) is 2.04. The summed E-state index contributed by atoms with van der Waals surface area (Å²) in [6, 6.07) is 9.05. The van der Waals surface area contributed by atoms with Crippen LogP contribution in [0.2, 0.25) is 0 Å². The summed E-state index contributed by atoms with van der Waals surface area (Å²) in [6.07, 6.45) is 0. The molecule has 0 amide bonds. The summed E-state index contributed by atoms with van der Waals surface area (Å²) in [7, 11) is 0. The first-order valence-corrected chi connectivity index (χ1v) is 5.49. The van der Waals surface area contributed by atoms with Gasteiger partial charge in [0, 0.05) is 10.8 Å². The van der Waals surface area contributed by atoms with Crippen LogP contribution in [0.5, 0.6) is 0 Å². The molecule has 0 fully saturated rings. The maximum atomic E-state index is 10.9. The molecule has 0 aliphatic heterocycles. The number of rotatable bonds is 2. The molecule has 3 aromatic rings. The molecule has 0 saturated carbocycles. The van der Waals surface area contributed by atoms with Gasteiger partial charge >= 0.3 is 11.9 Å². The van der Waals surface area contributed by atoms with Crippen molar-refractivity contribution in [2.45, 2.75) is 0 Å². The lowest BCUT2D eigenvalue weighted by molar-refractivity contribution is 0.0686. The van der Waals surface area contributed by atoms with E-state index in [1.165, 1.54) is 24.3 Å². The highest BCUT2D eigenvalue weighted by atomic mass is 16.4. The fourth-order valence-electron chi connectivity index (χ4n) is 2.04. The topological polar surface area (TPSA) is 87.7 Å². The van der Waals surface area contributed by atoms with E-state index in [1.54, 1.807) is 12.1 Å². The predicted molar refractivity (Wildman–Crippen MR) is 67.6 cm³/mol. The minimum Gasteiger partial charge on any atom is -0.478 e. The minimum absolute atomic E-state index is 0.130. The Bertz CT molecular complexity index is 828. The van der Waals surface area contributed by atoms with Crippen LogP contribution >= 0.6 is 0 Å². The molecule has 2 N–H and O–H groups in total. The summed E-state index contributed by atoms with van der Waals surface area (Å²) < 4.78 is 5.52. The second kappa shape index (κ2) is 3.84. The maximum absolute atomic E-state index is 10.9.